The quantitative estimate of drug-likeness (QED) is 0.358. The minimum atomic E-state index is -0.556. The summed E-state index contributed by atoms with van der Waals surface area (Å²) in [6, 6.07) is 19.1. The van der Waals surface area contributed by atoms with E-state index >= 15 is 0 Å². The monoisotopic (exact) mass is 438 g/mol. The van der Waals surface area contributed by atoms with Crippen LogP contribution in [0.1, 0.15) is 76.1 Å². The van der Waals surface area contributed by atoms with Gasteiger partial charge in [-0.15, -0.1) is 0 Å². The second-order valence-electron chi connectivity index (χ2n) is 10.3. The fourth-order valence-electron chi connectivity index (χ4n) is 4.66. The molecule has 2 atom stereocenters. The molecule has 2 nitrogen and oxygen atoms in total. The van der Waals surface area contributed by atoms with Crippen molar-refractivity contribution < 1.29 is 9.59 Å². The van der Waals surface area contributed by atoms with E-state index < -0.39 is 10.8 Å². The standard InChI is InChI=1S/C28H38O2S/c1-19(2)25(27(5,6)23(29)21-15-11-9-12-16-21)31-26(20(3)4)28(7,8)24(30)22-17-13-10-14-18-22/h9-20,25-26H,1-8H3. The van der Waals surface area contributed by atoms with Crippen LogP contribution in [0.3, 0.4) is 0 Å². The molecule has 0 spiro atoms. The molecule has 2 aromatic carbocycles. The number of Topliss-reactive ketones (excluding diaryl/α,β-unsaturated/α-hetero) is 2. The Kier molecular flexibility index (Phi) is 8.33. The van der Waals surface area contributed by atoms with Crippen molar-refractivity contribution >= 4 is 23.3 Å². The van der Waals surface area contributed by atoms with E-state index in [1.807, 2.05) is 72.4 Å². The molecule has 0 N–H and O–H groups in total. The number of thioether (sulfide) groups is 1. The topological polar surface area (TPSA) is 34.1 Å². The van der Waals surface area contributed by atoms with Crippen molar-refractivity contribution in [1.82, 2.24) is 0 Å². The summed E-state index contributed by atoms with van der Waals surface area (Å²) in [5.41, 5.74) is 0.386. The van der Waals surface area contributed by atoms with Crippen LogP contribution < -0.4 is 0 Å². The molecule has 2 rings (SSSR count). The molecule has 31 heavy (non-hydrogen) atoms. The normalized spacial score (nSPS) is 14.5. The summed E-state index contributed by atoms with van der Waals surface area (Å²) in [4.78, 5) is 27.0. The van der Waals surface area contributed by atoms with Crippen LogP contribution in [0.4, 0.5) is 0 Å². The van der Waals surface area contributed by atoms with Crippen LogP contribution in [-0.4, -0.2) is 22.1 Å². The Bertz CT molecular complexity index is 793. The summed E-state index contributed by atoms with van der Waals surface area (Å²) in [7, 11) is 0. The zero-order valence-corrected chi connectivity index (χ0v) is 21.1. The van der Waals surface area contributed by atoms with E-state index in [9.17, 15) is 9.59 Å². The van der Waals surface area contributed by atoms with Gasteiger partial charge in [0.25, 0.3) is 0 Å². The van der Waals surface area contributed by atoms with Crippen LogP contribution in [0.25, 0.3) is 0 Å². The van der Waals surface area contributed by atoms with E-state index in [-0.39, 0.29) is 33.9 Å². The first kappa shape index (κ1) is 25.4. The summed E-state index contributed by atoms with van der Waals surface area (Å²) < 4.78 is 0. The number of rotatable bonds is 10. The summed E-state index contributed by atoms with van der Waals surface area (Å²) in [5, 5.41) is 0.158. The molecular weight excluding hydrogens is 400 g/mol. The minimum absolute atomic E-state index is 0.0791. The van der Waals surface area contributed by atoms with Crippen LogP contribution in [0, 0.1) is 22.7 Å². The van der Waals surface area contributed by atoms with Crippen LogP contribution in [-0.2, 0) is 0 Å². The van der Waals surface area contributed by atoms with Gasteiger partial charge in [-0.25, -0.2) is 0 Å². The highest BCUT2D eigenvalue weighted by Crippen LogP contribution is 2.47. The van der Waals surface area contributed by atoms with Gasteiger partial charge in [0.2, 0.25) is 0 Å². The van der Waals surface area contributed by atoms with Gasteiger partial charge in [-0.1, -0.05) is 116 Å². The first-order valence-electron chi connectivity index (χ1n) is 11.3. The predicted octanol–water partition coefficient (Wildman–Crippen LogP) is 7.59. The maximum Gasteiger partial charge on any atom is 0.169 e. The molecule has 0 radical (unpaired) electrons. The fourth-order valence-corrected chi connectivity index (χ4v) is 6.50. The fraction of sp³-hybridized carbons (Fsp3) is 0.500. The maximum atomic E-state index is 13.5. The average Bonchev–Trinajstić information content (AvgIpc) is 2.73. The molecule has 0 aliphatic heterocycles. The Morgan fingerprint density at radius 3 is 1.16 bits per heavy atom. The number of hydrogen-bond acceptors (Lipinski definition) is 3. The highest BCUT2D eigenvalue weighted by molar-refractivity contribution is 8.00. The molecule has 0 saturated heterocycles. The van der Waals surface area contributed by atoms with Gasteiger partial charge in [0, 0.05) is 32.5 Å². The van der Waals surface area contributed by atoms with Crippen LogP contribution in [0.5, 0.6) is 0 Å². The second kappa shape index (κ2) is 10.2. The molecule has 0 aliphatic carbocycles. The predicted molar refractivity (Wildman–Crippen MR) is 134 cm³/mol. The largest absolute Gasteiger partial charge is 0.294 e. The number of carbonyl (C=O) groups is 2. The maximum absolute atomic E-state index is 13.5. The van der Waals surface area contributed by atoms with Crippen molar-refractivity contribution in [3.8, 4) is 0 Å². The molecule has 2 unspecified atom stereocenters. The number of hydrogen-bond donors (Lipinski definition) is 0. The molecule has 3 heteroatoms. The smallest absolute Gasteiger partial charge is 0.169 e. The molecule has 0 bridgehead atoms. The SMILES string of the molecule is CC(C)C(SC(C(C)C)C(C)(C)C(=O)c1ccccc1)C(C)(C)C(=O)c1ccccc1. The number of carbonyl (C=O) groups excluding carboxylic acids is 2. The second-order valence-corrected chi connectivity index (χ2v) is 11.6. The Morgan fingerprint density at radius 2 is 0.903 bits per heavy atom. The van der Waals surface area contributed by atoms with Crippen LogP contribution in [0.15, 0.2) is 60.7 Å². The first-order chi connectivity index (χ1) is 14.4. The summed E-state index contributed by atoms with van der Waals surface area (Å²) in [6.45, 7) is 17.0. The molecule has 0 saturated carbocycles. The van der Waals surface area contributed by atoms with Crippen molar-refractivity contribution in [2.45, 2.75) is 65.9 Å². The van der Waals surface area contributed by atoms with E-state index in [0.29, 0.717) is 0 Å². The van der Waals surface area contributed by atoms with Gasteiger partial charge in [0.05, 0.1) is 0 Å². The molecule has 0 aromatic heterocycles. The Labute approximate surface area is 193 Å². The third-order valence-corrected chi connectivity index (χ3v) is 9.02. The van der Waals surface area contributed by atoms with E-state index in [2.05, 4.69) is 55.4 Å². The zero-order valence-electron chi connectivity index (χ0n) is 20.3. The van der Waals surface area contributed by atoms with Gasteiger partial charge in [-0.2, -0.15) is 11.8 Å². The Morgan fingerprint density at radius 1 is 0.613 bits per heavy atom. The highest BCUT2D eigenvalue weighted by Gasteiger charge is 2.46. The van der Waals surface area contributed by atoms with Gasteiger partial charge in [0.1, 0.15) is 0 Å². The van der Waals surface area contributed by atoms with Crippen molar-refractivity contribution in [3.63, 3.8) is 0 Å². The van der Waals surface area contributed by atoms with E-state index in [1.54, 1.807) is 0 Å². The molecule has 0 heterocycles. The molecule has 0 amide bonds. The zero-order chi connectivity index (χ0) is 23.4. The van der Waals surface area contributed by atoms with Crippen LogP contribution >= 0.6 is 11.8 Å². The van der Waals surface area contributed by atoms with Crippen molar-refractivity contribution in [3.05, 3.63) is 71.8 Å². The van der Waals surface area contributed by atoms with E-state index in [1.165, 1.54) is 0 Å². The van der Waals surface area contributed by atoms with E-state index in [0.717, 1.165) is 11.1 Å². The molecular formula is C28H38O2S. The lowest BCUT2D eigenvalue weighted by Gasteiger charge is -2.43. The molecule has 2 aromatic rings. The summed E-state index contributed by atoms with van der Waals surface area (Å²) >= 11 is 1.82. The van der Waals surface area contributed by atoms with Crippen molar-refractivity contribution in [1.29, 1.82) is 0 Å². The van der Waals surface area contributed by atoms with Gasteiger partial charge in [-0.05, 0) is 11.8 Å². The van der Waals surface area contributed by atoms with Gasteiger partial charge in [0.15, 0.2) is 11.6 Å². The van der Waals surface area contributed by atoms with Crippen molar-refractivity contribution in [2.24, 2.45) is 22.7 Å². The Balaban J connectivity index is 2.39. The highest BCUT2D eigenvalue weighted by atomic mass is 32.2. The summed E-state index contributed by atoms with van der Waals surface area (Å²) in [5.74, 6) is 0.899. The van der Waals surface area contributed by atoms with Crippen LogP contribution in [0.2, 0.25) is 0 Å². The Hall–Kier alpha value is -1.87. The summed E-state index contributed by atoms with van der Waals surface area (Å²) in [6.07, 6.45) is 0. The minimum Gasteiger partial charge on any atom is -0.294 e. The molecule has 0 fully saturated rings. The van der Waals surface area contributed by atoms with E-state index in [4.69, 9.17) is 0 Å². The lowest BCUT2D eigenvalue weighted by atomic mass is 9.76. The average molecular weight is 439 g/mol. The third kappa shape index (κ3) is 5.68. The first-order valence-corrected chi connectivity index (χ1v) is 12.2. The number of ketones is 2. The third-order valence-electron chi connectivity index (χ3n) is 6.17. The molecule has 0 aliphatic rings. The lowest BCUT2D eigenvalue weighted by molar-refractivity contribution is 0.0809. The van der Waals surface area contributed by atoms with Crippen molar-refractivity contribution in [2.75, 3.05) is 0 Å². The molecule has 168 valence electrons. The number of benzene rings is 2. The van der Waals surface area contributed by atoms with Gasteiger partial charge >= 0.3 is 0 Å². The van der Waals surface area contributed by atoms with Gasteiger partial charge < -0.3 is 0 Å². The lowest BCUT2D eigenvalue weighted by Crippen LogP contribution is -2.45. The van der Waals surface area contributed by atoms with Gasteiger partial charge in [-0.3, -0.25) is 9.59 Å².